The van der Waals surface area contributed by atoms with Crippen LogP contribution in [0.3, 0.4) is 0 Å². The monoisotopic (exact) mass is 283 g/mol. The molecule has 0 unspecified atom stereocenters. The van der Waals surface area contributed by atoms with Crippen LogP contribution in [0.15, 0.2) is 46.0 Å². The number of carboxylic acids is 1. The molecule has 0 fully saturated rings. The first-order chi connectivity index (χ1) is 8.52. The minimum Gasteiger partial charge on any atom is -0.477 e. The van der Waals surface area contributed by atoms with E-state index in [1.165, 1.54) is 18.2 Å². The van der Waals surface area contributed by atoms with E-state index in [-0.39, 0.29) is 11.3 Å². The average molecular weight is 283 g/mol. The van der Waals surface area contributed by atoms with Crippen molar-refractivity contribution in [2.24, 2.45) is 0 Å². The number of carbonyl (C=O) groups is 1. The predicted octanol–water partition coefficient (Wildman–Crippen LogP) is 3.33. The zero-order chi connectivity index (χ0) is 13.5. The van der Waals surface area contributed by atoms with Gasteiger partial charge in [-0.2, -0.15) is 0 Å². The number of para-hydroxylation sites is 1. The summed E-state index contributed by atoms with van der Waals surface area (Å²) in [7, 11) is 0. The summed E-state index contributed by atoms with van der Waals surface area (Å²) in [5.74, 6) is -1.29. The number of rotatable bonds is 2. The molecule has 2 rings (SSSR count). The molecule has 0 bridgehead atoms. The quantitative estimate of drug-likeness (QED) is 0.503. The molecule has 18 heavy (non-hydrogen) atoms. The van der Waals surface area contributed by atoms with Crippen molar-refractivity contribution in [2.75, 3.05) is 0 Å². The van der Waals surface area contributed by atoms with Gasteiger partial charge in [-0.05, 0) is 17.5 Å². The summed E-state index contributed by atoms with van der Waals surface area (Å²) in [5.41, 5.74) is -0.674. The minimum atomic E-state index is -1.29. The summed E-state index contributed by atoms with van der Waals surface area (Å²) in [4.78, 5) is 20.0. The Kier molecular flexibility index (Phi) is 5.34. The van der Waals surface area contributed by atoms with E-state index in [0.29, 0.717) is 0 Å². The number of benzene rings is 1. The molecule has 94 valence electrons. The zero-order valence-corrected chi connectivity index (χ0v) is 10.7. The van der Waals surface area contributed by atoms with Gasteiger partial charge in [-0.15, -0.1) is 24.0 Å². The highest BCUT2D eigenvalue weighted by Gasteiger charge is 2.17. The molecule has 0 aliphatic carbocycles. The fourth-order valence-corrected chi connectivity index (χ4v) is 1.81. The van der Waals surface area contributed by atoms with Gasteiger partial charge < -0.3 is 5.11 Å². The highest BCUT2D eigenvalue weighted by molar-refractivity contribution is 7.82. The Bertz CT molecular complexity index is 507. The Hall–Kier alpha value is -1.86. The number of nitro groups is 1. The van der Waals surface area contributed by atoms with Gasteiger partial charge in [0.1, 0.15) is 5.56 Å². The number of aromatic carboxylic acids is 1. The lowest BCUT2D eigenvalue weighted by Crippen LogP contribution is -2.01. The van der Waals surface area contributed by atoms with E-state index >= 15 is 0 Å². The average Bonchev–Trinajstić information content (AvgIpc) is 2.81. The van der Waals surface area contributed by atoms with Crippen LogP contribution in [0.4, 0.5) is 5.69 Å². The van der Waals surface area contributed by atoms with Gasteiger partial charge in [0.25, 0.3) is 5.69 Å². The van der Waals surface area contributed by atoms with E-state index in [1.54, 1.807) is 11.3 Å². The van der Waals surface area contributed by atoms with Crippen molar-refractivity contribution < 1.29 is 14.8 Å². The normalized spacial score (nSPS) is 9.17. The maximum atomic E-state index is 10.4. The Morgan fingerprint density at radius 2 is 1.94 bits per heavy atom. The Morgan fingerprint density at radius 1 is 1.28 bits per heavy atom. The summed E-state index contributed by atoms with van der Waals surface area (Å²) in [6.45, 7) is 0. The molecule has 0 spiro atoms. The van der Waals surface area contributed by atoms with Crippen molar-refractivity contribution >= 4 is 35.6 Å². The smallest absolute Gasteiger partial charge is 0.342 e. The molecule has 0 saturated heterocycles. The van der Waals surface area contributed by atoms with Crippen molar-refractivity contribution in [2.45, 2.75) is 4.21 Å². The second kappa shape index (κ2) is 6.77. The lowest BCUT2D eigenvalue weighted by atomic mass is 10.2. The summed E-state index contributed by atoms with van der Waals surface area (Å²) in [6.07, 6.45) is 0. The summed E-state index contributed by atoms with van der Waals surface area (Å²) in [5, 5.41) is 20.8. The van der Waals surface area contributed by atoms with Crippen LogP contribution in [0.2, 0.25) is 0 Å². The van der Waals surface area contributed by atoms with Crippen LogP contribution in [0.5, 0.6) is 0 Å². The SMILES string of the molecule is O=C(O)c1ccccc1[N+](=O)[O-].Sc1cccs1. The summed E-state index contributed by atoms with van der Waals surface area (Å²) < 4.78 is 1.08. The first-order valence-electron chi connectivity index (χ1n) is 4.71. The van der Waals surface area contributed by atoms with Crippen molar-refractivity contribution in [3.63, 3.8) is 0 Å². The fourth-order valence-electron chi connectivity index (χ4n) is 1.08. The Morgan fingerprint density at radius 3 is 2.28 bits per heavy atom. The predicted molar refractivity (Wildman–Crippen MR) is 71.6 cm³/mol. The first-order valence-corrected chi connectivity index (χ1v) is 6.04. The van der Waals surface area contributed by atoms with Gasteiger partial charge in [0.05, 0.1) is 9.13 Å². The number of hydrogen-bond donors (Lipinski definition) is 2. The van der Waals surface area contributed by atoms with Gasteiger partial charge in [0, 0.05) is 6.07 Å². The molecule has 0 radical (unpaired) electrons. The number of carboxylic acid groups (broad SMARTS) is 1. The van der Waals surface area contributed by atoms with E-state index in [4.69, 9.17) is 5.11 Å². The van der Waals surface area contributed by atoms with Gasteiger partial charge in [-0.1, -0.05) is 18.2 Å². The number of thiol groups is 1. The maximum absolute atomic E-state index is 10.4. The van der Waals surface area contributed by atoms with Crippen LogP contribution in [0.1, 0.15) is 10.4 Å². The molecule has 0 saturated carbocycles. The lowest BCUT2D eigenvalue weighted by molar-refractivity contribution is -0.385. The maximum Gasteiger partial charge on any atom is 0.342 e. The van der Waals surface area contributed by atoms with Gasteiger partial charge in [0.15, 0.2) is 0 Å². The summed E-state index contributed by atoms with van der Waals surface area (Å²) >= 11 is 5.70. The Balaban J connectivity index is 0.000000225. The van der Waals surface area contributed by atoms with E-state index in [9.17, 15) is 14.9 Å². The molecule has 0 atom stereocenters. The standard InChI is InChI=1S/C7H5NO4.C4H4S2/c9-7(10)5-3-1-2-4-6(5)8(11)12;5-4-2-1-3-6-4/h1-4H,(H,9,10);1-3,5H. The van der Waals surface area contributed by atoms with Crippen LogP contribution in [-0.4, -0.2) is 16.0 Å². The number of nitrogens with zero attached hydrogens (tertiary/aromatic N) is 1. The van der Waals surface area contributed by atoms with Crippen molar-refractivity contribution in [3.8, 4) is 0 Å². The number of thiophene rings is 1. The van der Waals surface area contributed by atoms with Crippen LogP contribution >= 0.6 is 24.0 Å². The molecule has 1 heterocycles. The summed E-state index contributed by atoms with van der Waals surface area (Å²) in [6, 6.07) is 9.16. The Labute approximate surface area is 112 Å². The number of nitro benzene ring substituents is 1. The third-order valence-electron chi connectivity index (χ3n) is 1.84. The van der Waals surface area contributed by atoms with Gasteiger partial charge in [0.2, 0.25) is 0 Å². The lowest BCUT2D eigenvalue weighted by Gasteiger charge is -1.94. The van der Waals surface area contributed by atoms with E-state index < -0.39 is 10.9 Å². The molecule has 0 aliphatic heterocycles. The third kappa shape index (κ3) is 4.19. The second-order valence-corrected chi connectivity index (χ2v) is 4.76. The van der Waals surface area contributed by atoms with E-state index in [0.717, 1.165) is 10.3 Å². The first kappa shape index (κ1) is 14.2. The molecule has 1 aromatic heterocycles. The molecule has 2 aromatic rings. The third-order valence-corrected chi connectivity index (χ3v) is 2.97. The van der Waals surface area contributed by atoms with E-state index in [1.807, 2.05) is 17.5 Å². The zero-order valence-electron chi connectivity index (χ0n) is 9.02. The molecule has 0 aliphatic rings. The van der Waals surface area contributed by atoms with Crippen LogP contribution < -0.4 is 0 Å². The molecular formula is C11H9NO4S2. The van der Waals surface area contributed by atoms with Crippen molar-refractivity contribution in [1.82, 2.24) is 0 Å². The van der Waals surface area contributed by atoms with Gasteiger partial charge >= 0.3 is 5.97 Å². The van der Waals surface area contributed by atoms with Crippen LogP contribution in [0, 0.1) is 10.1 Å². The largest absolute Gasteiger partial charge is 0.477 e. The van der Waals surface area contributed by atoms with Crippen molar-refractivity contribution in [1.29, 1.82) is 0 Å². The van der Waals surface area contributed by atoms with Crippen LogP contribution in [-0.2, 0) is 0 Å². The topological polar surface area (TPSA) is 80.4 Å². The molecule has 1 aromatic carbocycles. The second-order valence-electron chi connectivity index (χ2n) is 3.03. The van der Waals surface area contributed by atoms with E-state index in [2.05, 4.69) is 12.6 Å². The molecular weight excluding hydrogens is 274 g/mol. The van der Waals surface area contributed by atoms with Crippen LogP contribution in [0.25, 0.3) is 0 Å². The molecule has 7 heteroatoms. The molecule has 1 N–H and O–H groups in total. The van der Waals surface area contributed by atoms with Gasteiger partial charge in [-0.25, -0.2) is 4.79 Å². The minimum absolute atomic E-state index is 0.289. The van der Waals surface area contributed by atoms with Crippen molar-refractivity contribution in [3.05, 3.63) is 57.5 Å². The highest BCUT2D eigenvalue weighted by Crippen LogP contribution is 2.16. The highest BCUT2D eigenvalue weighted by atomic mass is 32.2. The molecule has 0 amide bonds. The molecule has 5 nitrogen and oxygen atoms in total. The fraction of sp³-hybridized carbons (Fsp3) is 0. The number of hydrogen-bond acceptors (Lipinski definition) is 5. The van der Waals surface area contributed by atoms with Gasteiger partial charge in [-0.3, -0.25) is 10.1 Å².